The van der Waals surface area contributed by atoms with E-state index in [1.54, 1.807) is 0 Å². The summed E-state index contributed by atoms with van der Waals surface area (Å²) in [5.74, 6) is -1.31. The number of aliphatic hydroxyl groups is 1. The molecule has 5 atom stereocenters. The van der Waals surface area contributed by atoms with Gasteiger partial charge >= 0.3 is 39.5 Å². The Bertz CT molecular complexity index is 2010. The molecule has 3 N–H and O–H groups in total. The smallest absolute Gasteiger partial charge is 0.462 e. The molecule has 0 rings (SSSR count). The van der Waals surface area contributed by atoms with Crippen molar-refractivity contribution in [3.8, 4) is 0 Å². The summed E-state index contributed by atoms with van der Waals surface area (Å²) < 4.78 is 68.9. The van der Waals surface area contributed by atoms with Crippen molar-refractivity contribution in [2.45, 2.75) is 490 Å². The van der Waals surface area contributed by atoms with Crippen molar-refractivity contribution in [1.29, 1.82) is 0 Å². The van der Waals surface area contributed by atoms with Gasteiger partial charge in [0.15, 0.2) is 12.2 Å². The summed E-state index contributed by atoms with van der Waals surface area (Å²) in [6, 6.07) is 0. The molecule has 0 bridgehead atoms. The van der Waals surface area contributed by atoms with Crippen molar-refractivity contribution in [3.05, 3.63) is 0 Å². The normalized spacial score (nSPS) is 13.7. The van der Waals surface area contributed by atoms with Crippen molar-refractivity contribution in [2.24, 2.45) is 5.92 Å². The average Bonchev–Trinajstić information content (AvgIpc) is 0.901. The highest BCUT2D eigenvalue weighted by atomic mass is 31.2. The molecular weight excluding hydrogens is 1380 g/mol. The zero-order chi connectivity index (χ0) is 77.6. The summed E-state index contributed by atoms with van der Waals surface area (Å²) in [6.07, 6.45) is 73.7. The van der Waals surface area contributed by atoms with Gasteiger partial charge < -0.3 is 33.8 Å². The number of phosphoric ester groups is 2. The Hall–Kier alpha value is -1.94. The molecule has 2 unspecified atom stereocenters. The van der Waals surface area contributed by atoms with E-state index in [0.717, 1.165) is 95.8 Å². The van der Waals surface area contributed by atoms with Crippen LogP contribution in [0.25, 0.3) is 0 Å². The molecule has 0 aromatic rings. The van der Waals surface area contributed by atoms with Gasteiger partial charge in [-0.25, -0.2) is 9.13 Å². The molecule has 0 amide bonds. The Morgan fingerprint density at radius 3 is 0.642 bits per heavy atom. The number of hydrogen-bond donors (Lipinski definition) is 3. The lowest BCUT2D eigenvalue weighted by Gasteiger charge is -2.21. The minimum absolute atomic E-state index is 0.108. The van der Waals surface area contributed by atoms with Gasteiger partial charge in [0.1, 0.15) is 19.3 Å². The predicted molar refractivity (Wildman–Crippen MR) is 437 cm³/mol. The highest BCUT2D eigenvalue weighted by molar-refractivity contribution is 7.47. The lowest BCUT2D eigenvalue weighted by Crippen LogP contribution is -2.30. The molecule has 17 nitrogen and oxygen atoms in total. The number of carbonyl (C=O) groups is 4. The van der Waals surface area contributed by atoms with E-state index < -0.39 is 97.5 Å². The van der Waals surface area contributed by atoms with E-state index in [1.165, 1.54) is 295 Å². The zero-order valence-electron chi connectivity index (χ0n) is 69.6. The van der Waals surface area contributed by atoms with Crippen LogP contribution in [0, 0.1) is 5.92 Å². The number of carbonyl (C=O) groups excluding carboxylic acids is 4. The number of hydrogen-bond acceptors (Lipinski definition) is 15. The highest BCUT2D eigenvalue weighted by Crippen LogP contribution is 2.45. The van der Waals surface area contributed by atoms with Crippen LogP contribution in [0.3, 0.4) is 0 Å². The van der Waals surface area contributed by atoms with Gasteiger partial charge in [0.25, 0.3) is 0 Å². The van der Waals surface area contributed by atoms with E-state index in [0.29, 0.717) is 25.7 Å². The summed E-state index contributed by atoms with van der Waals surface area (Å²) in [4.78, 5) is 73.2. The number of ether oxygens (including phenoxy) is 4. The van der Waals surface area contributed by atoms with Crippen LogP contribution in [0.2, 0.25) is 0 Å². The van der Waals surface area contributed by atoms with Gasteiger partial charge in [-0.15, -0.1) is 0 Å². The molecule has 0 aliphatic rings. The molecular formula is C87H170O17P2. The fourth-order valence-corrected chi connectivity index (χ4v) is 15.2. The van der Waals surface area contributed by atoms with Crippen LogP contribution in [0.4, 0.5) is 0 Å². The van der Waals surface area contributed by atoms with Crippen LogP contribution in [-0.4, -0.2) is 96.7 Å². The zero-order valence-corrected chi connectivity index (χ0v) is 71.4. The SMILES string of the molecule is CCCCCCCCCCCCCCCCCCCCCCCC(=O)O[C@H](COC(=O)CCCCCCCCCCCCCCCCCCCCC)COP(=O)(O)OC[C@@H](O)COP(=O)(O)OC[C@@H](COC(=O)CCCCCCCCCCCC)OC(=O)CCCCCCCCCCCCCCCC(C)C. The van der Waals surface area contributed by atoms with E-state index in [4.69, 9.17) is 37.0 Å². The van der Waals surface area contributed by atoms with Crippen molar-refractivity contribution in [1.82, 2.24) is 0 Å². The minimum atomic E-state index is -4.97. The first-order valence-corrected chi connectivity index (χ1v) is 48.1. The standard InChI is InChI=1S/C87H170O17P2/c1-6-9-12-15-18-21-24-26-28-30-32-33-35-37-39-43-47-52-57-62-67-72-86(91)104-83(77-98-85(90)71-66-61-56-51-46-42-38-36-34-31-29-27-25-22-19-16-13-10-7-2)79-102-106(95,96)100-75-81(88)74-99-105(93,94)101-78-82(76-97-84(89)70-65-60-55-50-23-20-17-14-11-8-3)103-87(92)73-68-63-58-53-48-44-40-41-45-49-54-59-64-69-80(4)5/h80-83,88H,6-79H2,1-5H3,(H,93,94)(H,95,96)/t81-,82+,83+/m0/s1. The summed E-state index contributed by atoms with van der Waals surface area (Å²) in [6.45, 7) is 7.38. The Morgan fingerprint density at radius 2 is 0.434 bits per heavy atom. The second kappa shape index (κ2) is 79.7. The maximum atomic E-state index is 13.2. The Labute approximate surface area is 651 Å². The van der Waals surface area contributed by atoms with Crippen molar-refractivity contribution >= 4 is 39.5 Å². The minimum Gasteiger partial charge on any atom is -0.462 e. The highest BCUT2D eigenvalue weighted by Gasteiger charge is 2.30. The largest absolute Gasteiger partial charge is 0.472 e. The monoisotopic (exact) mass is 1550 g/mol. The average molecular weight is 1550 g/mol. The van der Waals surface area contributed by atoms with Crippen LogP contribution in [-0.2, 0) is 65.4 Å². The second-order valence-corrected chi connectivity index (χ2v) is 34.7. The summed E-state index contributed by atoms with van der Waals surface area (Å²) in [5.41, 5.74) is 0. The molecule has 0 aliphatic carbocycles. The number of phosphoric acid groups is 2. The molecule has 0 spiro atoms. The number of rotatable bonds is 87. The van der Waals surface area contributed by atoms with Crippen LogP contribution in [0.5, 0.6) is 0 Å². The van der Waals surface area contributed by atoms with Crippen LogP contribution in [0.15, 0.2) is 0 Å². The Balaban J connectivity index is 5.22. The van der Waals surface area contributed by atoms with Crippen molar-refractivity contribution in [3.63, 3.8) is 0 Å². The second-order valence-electron chi connectivity index (χ2n) is 31.8. The maximum Gasteiger partial charge on any atom is 0.472 e. The maximum absolute atomic E-state index is 13.2. The first kappa shape index (κ1) is 104. The van der Waals surface area contributed by atoms with Gasteiger partial charge in [-0.3, -0.25) is 37.3 Å². The van der Waals surface area contributed by atoms with E-state index in [2.05, 4.69) is 34.6 Å². The molecule has 0 radical (unpaired) electrons. The molecule has 0 fully saturated rings. The van der Waals surface area contributed by atoms with Crippen molar-refractivity contribution in [2.75, 3.05) is 39.6 Å². The molecule has 0 aromatic carbocycles. The third-order valence-electron chi connectivity index (χ3n) is 20.5. The molecule has 0 saturated heterocycles. The Morgan fingerprint density at radius 1 is 0.255 bits per heavy atom. The fraction of sp³-hybridized carbons (Fsp3) is 0.954. The third-order valence-corrected chi connectivity index (χ3v) is 22.4. The van der Waals surface area contributed by atoms with E-state index in [-0.39, 0.29) is 25.7 Å². The van der Waals surface area contributed by atoms with Gasteiger partial charge in [0.05, 0.1) is 26.4 Å². The fourth-order valence-electron chi connectivity index (χ4n) is 13.6. The number of aliphatic hydroxyl groups excluding tert-OH is 1. The summed E-state index contributed by atoms with van der Waals surface area (Å²) in [5, 5.41) is 10.7. The first-order valence-electron chi connectivity index (χ1n) is 45.1. The van der Waals surface area contributed by atoms with E-state index >= 15 is 0 Å². The van der Waals surface area contributed by atoms with Crippen LogP contribution in [0.1, 0.15) is 471 Å². The molecule has 106 heavy (non-hydrogen) atoms. The van der Waals surface area contributed by atoms with E-state index in [9.17, 15) is 43.2 Å². The first-order chi connectivity index (χ1) is 51.5. The van der Waals surface area contributed by atoms with Crippen LogP contribution >= 0.6 is 15.6 Å². The van der Waals surface area contributed by atoms with Crippen LogP contribution < -0.4 is 0 Å². The lowest BCUT2D eigenvalue weighted by molar-refractivity contribution is -0.161. The lowest BCUT2D eigenvalue weighted by atomic mass is 10.0. The molecule has 0 saturated carbocycles. The van der Waals surface area contributed by atoms with Gasteiger partial charge in [-0.1, -0.05) is 420 Å². The predicted octanol–water partition coefficient (Wildman–Crippen LogP) is 26.8. The third kappa shape index (κ3) is 80.1. The Kier molecular flexibility index (Phi) is 78.2. The van der Waals surface area contributed by atoms with Gasteiger partial charge in [0.2, 0.25) is 0 Å². The van der Waals surface area contributed by atoms with Crippen molar-refractivity contribution < 1.29 is 80.2 Å². The molecule has 0 aliphatic heterocycles. The van der Waals surface area contributed by atoms with Gasteiger partial charge in [0, 0.05) is 25.7 Å². The summed E-state index contributed by atoms with van der Waals surface area (Å²) in [7, 11) is -9.93. The number of unbranched alkanes of at least 4 members (excludes halogenated alkanes) is 59. The topological polar surface area (TPSA) is 237 Å². The van der Waals surface area contributed by atoms with E-state index in [1.807, 2.05) is 0 Å². The molecule has 19 heteroatoms. The quantitative estimate of drug-likeness (QED) is 0.0222. The molecule has 0 aromatic heterocycles. The van der Waals surface area contributed by atoms with Gasteiger partial charge in [-0.05, 0) is 31.6 Å². The number of esters is 4. The molecule has 0 heterocycles. The van der Waals surface area contributed by atoms with Gasteiger partial charge in [-0.2, -0.15) is 0 Å². The summed E-state index contributed by atoms with van der Waals surface area (Å²) >= 11 is 0. The molecule has 630 valence electrons.